The van der Waals surface area contributed by atoms with Crippen LogP contribution < -0.4 is 149 Å². The van der Waals surface area contributed by atoms with Gasteiger partial charge in [0.05, 0.1) is 20.6 Å². The van der Waals surface area contributed by atoms with Gasteiger partial charge in [-0.3, -0.25) is 27.8 Å². The predicted octanol–water partition coefficient (Wildman–Crippen LogP) is -16.9. The van der Waals surface area contributed by atoms with E-state index in [1.165, 1.54) is 4.98 Å². The first-order valence-corrected chi connectivity index (χ1v) is 11.6. The van der Waals surface area contributed by atoms with Crippen LogP contribution in [0.2, 0.25) is 0 Å². The van der Waals surface area contributed by atoms with E-state index in [1.54, 1.807) is 0 Å². The van der Waals surface area contributed by atoms with Crippen molar-refractivity contribution in [1.82, 2.24) is 9.55 Å². The van der Waals surface area contributed by atoms with Gasteiger partial charge in [-0.05, 0) is 0 Å². The summed E-state index contributed by atoms with van der Waals surface area (Å²) in [7, 11) is -18.3. The molecule has 3 N–H and O–H groups in total. The van der Waals surface area contributed by atoms with E-state index < -0.39 is 71.7 Å². The molecule has 172 valence electrons. The van der Waals surface area contributed by atoms with Gasteiger partial charge in [-0.2, -0.15) is 4.39 Å². The van der Waals surface area contributed by atoms with Crippen molar-refractivity contribution in [1.29, 1.82) is 0 Å². The Balaban J connectivity index is -0.00000240. The number of aromatic nitrogens is 2. The van der Waals surface area contributed by atoms with Crippen LogP contribution in [0.25, 0.3) is 0 Å². The monoisotopic (exact) mass is 590 g/mol. The standard InChI is InChI=1S/C9H14FN2O15P3.4Na/c10-3-1-12(9(16)11-7(3)15)8-6(14)5(13)4(25-8)2-24-29(20,21)27-30(22,23)26-28(17,18)19;;;;/h1,4-6,8,13-14H,2H2,(H,20,21)(H,22,23)(H,11,15,16)(H2,17,18,19);;;;/q;4*+1/p-4. The van der Waals surface area contributed by atoms with Gasteiger partial charge in [0.25, 0.3) is 21.2 Å². The molecular weight excluding hydrogens is 580 g/mol. The van der Waals surface area contributed by atoms with Crippen LogP contribution in [0.15, 0.2) is 15.8 Å². The molecule has 1 aliphatic rings. The number of nitrogens with one attached hydrogen (secondary N) is 1. The molecule has 1 aromatic heterocycles. The average Bonchev–Trinajstić information content (AvgIpc) is 2.81. The van der Waals surface area contributed by atoms with Crippen LogP contribution in [0.3, 0.4) is 0 Å². The smallest absolute Gasteiger partial charge is 0.790 e. The Hall–Kier alpha value is 2.90. The zero-order chi connectivity index (χ0) is 23.1. The van der Waals surface area contributed by atoms with Gasteiger partial charge >= 0.3 is 124 Å². The average molecular weight is 590 g/mol. The number of aliphatic hydroxyl groups excluding tert-OH is 2. The van der Waals surface area contributed by atoms with Crippen molar-refractivity contribution in [3.05, 3.63) is 32.9 Å². The number of aromatic amines is 1. The number of halogens is 1. The van der Waals surface area contributed by atoms with E-state index >= 15 is 0 Å². The molecule has 1 aromatic rings. The third-order valence-electron chi connectivity index (χ3n) is 3.33. The van der Waals surface area contributed by atoms with Crippen molar-refractivity contribution in [3.8, 4) is 0 Å². The van der Waals surface area contributed by atoms with Gasteiger partial charge in [0, 0.05) is 0 Å². The first-order chi connectivity index (χ1) is 13.5. The van der Waals surface area contributed by atoms with Crippen LogP contribution in [0, 0.1) is 5.82 Å². The third kappa shape index (κ3) is 12.4. The van der Waals surface area contributed by atoms with Gasteiger partial charge in [0.15, 0.2) is 6.23 Å². The number of hydrogen-bond donors (Lipinski definition) is 3. The maximum absolute atomic E-state index is 13.4. The first-order valence-electron chi connectivity index (χ1n) is 7.25. The van der Waals surface area contributed by atoms with Crippen LogP contribution in [0.1, 0.15) is 6.23 Å². The minimum absolute atomic E-state index is 0. The molecule has 2 rings (SSSR count). The SMILES string of the molecule is O=c1[nH]c(=O)n(C2OC(COP(=O)([O-])OP(=O)([O-])OP(=O)([O-])[O-])C(O)C2O)cc1F.[Na+].[Na+].[Na+].[Na+]. The fourth-order valence-corrected chi connectivity index (χ4v) is 5.06. The number of hydrogen-bond acceptors (Lipinski definition) is 15. The minimum Gasteiger partial charge on any atom is -0.790 e. The summed E-state index contributed by atoms with van der Waals surface area (Å²) >= 11 is 0. The molecule has 2 heterocycles. The zero-order valence-corrected chi connectivity index (χ0v) is 28.6. The summed E-state index contributed by atoms with van der Waals surface area (Å²) in [6.45, 7) is -1.26. The van der Waals surface area contributed by atoms with E-state index in [1.807, 2.05) is 0 Å². The third-order valence-corrected chi connectivity index (χ3v) is 7.00. The Kier molecular flexibility index (Phi) is 19.8. The fourth-order valence-electron chi connectivity index (χ4n) is 2.19. The second-order valence-corrected chi connectivity index (χ2v) is 9.74. The van der Waals surface area contributed by atoms with Crippen molar-refractivity contribution < 1.29 is 184 Å². The van der Waals surface area contributed by atoms with Gasteiger partial charge in [0.1, 0.15) is 18.3 Å². The summed E-state index contributed by atoms with van der Waals surface area (Å²) in [5.41, 5.74) is -2.65. The van der Waals surface area contributed by atoms with Gasteiger partial charge < -0.3 is 43.6 Å². The normalized spacial score (nSPS) is 25.4. The molecule has 0 bridgehead atoms. The maximum Gasteiger partial charge on any atom is 1.00 e. The second kappa shape index (κ2) is 16.2. The summed E-state index contributed by atoms with van der Waals surface area (Å²) in [4.78, 5) is 67.2. The Morgan fingerprint density at radius 2 is 1.53 bits per heavy atom. The first kappa shape index (κ1) is 41.4. The molecule has 6 atom stereocenters. The Bertz CT molecular complexity index is 1070. The quantitative estimate of drug-likeness (QED) is 0.187. The van der Waals surface area contributed by atoms with Crippen LogP contribution in [0.4, 0.5) is 4.39 Å². The van der Waals surface area contributed by atoms with E-state index in [-0.39, 0.29) is 118 Å². The number of rotatable bonds is 8. The number of nitrogens with zero attached hydrogens (tertiary/aromatic N) is 1. The molecule has 17 nitrogen and oxygen atoms in total. The van der Waals surface area contributed by atoms with Crippen molar-refractivity contribution in [2.75, 3.05) is 6.61 Å². The number of ether oxygens (including phenoxy) is 1. The van der Waals surface area contributed by atoms with Gasteiger partial charge in [0.2, 0.25) is 5.82 Å². The predicted molar refractivity (Wildman–Crippen MR) is 78.1 cm³/mol. The second-order valence-electron chi connectivity index (χ2n) is 5.49. The molecule has 6 unspecified atom stereocenters. The molecule has 0 spiro atoms. The minimum atomic E-state index is -6.21. The van der Waals surface area contributed by atoms with Crippen LogP contribution in [-0.2, 0) is 31.6 Å². The molecule has 0 aromatic carbocycles. The molecule has 0 amide bonds. The Morgan fingerprint density at radius 1 is 1.00 bits per heavy atom. The molecule has 1 fully saturated rings. The summed E-state index contributed by atoms with van der Waals surface area (Å²) in [6.07, 6.45) is -7.23. The van der Waals surface area contributed by atoms with E-state index in [0.717, 1.165) is 0 Å². The van der Waals surface area contributed by atoms with E-state index in [9.17, 15) is 57.5 Å². The zero-order valence-electron chi connectivity index (χ0n) is 18.0. The molecule has 0 saturated carbocycles. The fraction of sp³-hybridized carbons (Fsp3) is 0.556. The summed E-state index contributed by atoms with van der Waals surface area (Å²) < 4.78 is 61.7. The number of phosphoric acid groups is 3. The van der Waals surface area contributed by atoms with Crippen molar-refractivity contribution in [2.45, 2.75) is 24.5 Å². The molecule has 25 heteroatoms. The summed E-state index contributed by atoms with van der Waals surface area (Å²) in [5.74, 6) is -1.46. The molecule has 1 saturated heterocycles. The molecule has 34 heavy (non-hydrogen) atoms. The molecule has 0 aliphatic carbocycles. The summed E-state index contributed by atoms with van der Waals surface area (Å²) in [6, 6.07) is 0. The van der Waals surface area contributed by atoms with Crippen LogP contribution >= 0.6 is 23.5 Å². The van der Waals surface area contributed by atoms with Crippen LogP contribution in [0.5, 0.6) is 0 Å². The molecule has 0 radical (unpaired) electrons. The van der Waals surface area contributed by atoms with E-state index in [0.29, 0.717) is 10.8 Å². The van der Waals surface area contributed by atoms with Crippen molar-refractivity contribution in [2.24, 2.45) is 0 Å². The number of H-pyrrole nitrogens is 1. The largest absolute Gasteiger partial charge is 1.00 e. The van der Waals surface area contributed by atoms with Gasteiger partial charge in [-0.1, -0.05) is 0 Å². The summed E-state index contributed by atoms with van der Waals surface area (Å²) in [5, 5.41) is 19.8. The van der Waals surface area contributed by atoms with E-state index in [4.69, 9.17) is 4.74 Å². The Labute approximate surface area is 277 Å². The molecular formula is C9H10FN2Na4O15P3. The van der Waals surface area contributed by atoms with Crippen molar-refractivity contribution in [3.63, 3.8) is 0 Å². The van der Waals surface area contributed by atoms with Gasteiger partial charge in [-0.25, -0.2) is 9.11 Å². The molecule has 1 aliphatic heterocycles. The van der Waals surface area contributed by atoms with Gasteiger partial charge in [-0.15, -0.1) is 0 Å². The Morgan fingerprint density at radius 3 is 2.03 bits per heavy atom. The van der Waals surface area contributed by atoms with E-state index in [2.05, 4.69) is 13.1 Å². The maximum atomic E-state index is 13.4. The van der Waals surface area contributed by atoms with Crippen molar-refractivity contribution >= 4 is 23.5 Å². The topological polar surface area (TPSA) is 276 Å². The number of aliphatic hydroxyl groups is 2. The number of phosphoric ester groups is 1. The van der Waals surface area contributed by atoms with Crippen LogP contribution in [-0.4, -0.2) is 44.7 Å².